The maximum atomic E-state index is 14.1. The first-order valence-corrected chi connectivity index (χ1v) is 9.61. The van der Waals surface area contributed by atoms with Gasteiger partial charge in [0.1, 0.15) is 5.82 Å². The van der Waals surface area contributed by atoms with Crippen molar-refractivity contribution in [1.82, 2.24) is 0 Å². The second kappa shape index (κ2) is 11.1. The molecule has 0 fully saturated rings. The maximum Gasteiger partial charge on any atom is 1.00 e. The molecule has 7 heteroatoms. The zero-order chi connectivity index (χ0) is 21.7. The normalized spacial score (nSPS) is 11.3. The molecule has 3 aromatic carbocycles. The number of carbonyl (C=O) groups is 2. The minimum Gasteiger partial charge on any atom is -0.550 e. The molecule has 1 unspecified atom stereocenters. The Morgan fingerprint density at radius 3 is 2.52 bits per heavy atom. The summed E-state index contributed by atoms with van der Waals surface area (Å²) in [6.45, 7) is 1.74. The van der Waals surface area contributed by atoms with Gasteiger partial charge in [-0.3, -0.25) is 4.79 Å². The van der Waals surface area contributed by atoms with Gasteiger partial charge in [0.2, 0.25) is 5.91 Å². The predicted octanol–water partition coefficient (Wildman–Crippen LogP) is 0.669. The summed E-state index contributed by atoms with van der Waals surface area (Å²) in [5.41, 5.74) is 2.28. The molecule has 0 aliphatic heterocycles. The van der Waals surface area contributed by atoms with Gasteiger partial charge in [-0.15, -0.1) is 0 Å². The van der Waals surface area contributed by atoms with E-state index in [1.165, 1.54) is 6.07 Å². The average molecular weight is 426 g/mol. The molecule has 0 saturated carbocycles. The van der Waals surface area contributed by atoms with Gasteiger partial charge in [0.25, 0.3) is 0 Å². The summed E-state index contributed by atoms with van der Waals surface area (Å²) in [6.07, 6.45) is 0.684. The van der Waals surface area contributed by atoms with E-state index in [2.05, 4.69) is 5.32 Å². The van der Waals surface area contributed by atoms with Gasteiger partial charge in [0.15, 0.2) is 0 Å². The fraction of sp³-hybridized carbons (Fsp3) is 0.208. The van der Waals surface area contributed by atoms with E-state index in [1.54, 1.807) is 55.5 Å². The first-order valence-electron chi connectivity index (χ1n) is 9.61. The number of carboxylic acid groups (broad SMARTS) is 1. The first kappa shape index (κ1) is 24.5. The number of benzene rings is 3. The Hall–Kier alpha value is -2.72. The number of nitrogens with zero attached hydrogens (tertiary/aromatic N) is 1. The van der Waals surface area contributed by atoms with Crippen LogP contribution in [0.5, 0.6) is 0 Å². The minimum atomic E-state index is -1.13. The summed E-state index contributed by atoms with van der Waals surface area (Å²) in [6, 6.07) is 16.9. The molecule has 0 radical (unpaired) electrons. The van der Waals surface area contributed by atoms with Crippen LogP contribution in [0.2, 0.25) is 0 Å². The molecule has 0 aliphatic rings. The fourth-order valence-corrected chi connectivity index (χ4v) is 3.45. The molecule has 1 N–H and O–H groups in total. The Balaban J connectivity index is 0.00000341. The number of nitriles is 1. The van der Waals surface area contributed by atoms with Gasteiger partial charge in [-0.2, -0.15) is 5.26 Å². The van der Waals surface area contributed by atoms with Crippen LogP contribution in [-0.2, 0) is 16.0 Å². The Morgan fingerprint density at radius 2 is 1.84 bits per heavy atom. The Kier molecular flexibility index (Phi) is 8.76. The van der Waals surface area contributed by atoms with Crippen LogP contribution in [0.4, 0.5) is 10.1 Å². The molecule has 0 aliphatic carbocycles. The zero-order valence-electron chi connectivity index (χ0n) is 17.4. The molecule has 152 valence electrons. The topological polar surface area (TPSA) is 93.0 Å². The van der Waals surface area contributed by atoms with Gasteiger partial charge in [0.05, 0.1) is 17.6 Å². The number of carboxylic acids is 1. The Bertz CT molecular complexity index is 1160. The van der Waals surface area contributed by atoms with E-state index >= 15 is 0 Å². The molecule has 31 heavy (non-hydrogen) atoms. The summed E-state index contributed by atoms with van der Waals surface area (Å²) in [4.78, 5) is 23.7. The van der Waals surface area contributed by atoms with Crippen LogP contribution in [0.1, 0.15) is 42.4 Å². The van der Waals surface area contributed by atoms with Gasteiger partial charge in [-0.05, 0) is 60.9 Å². The zero-order valence-corrected chi connectivity index (χ0v) is 19.4. The molecule has 0 spiro atoms. The van der Waals surface area contributed by atoms with Crippen molar-refractivity contribution in [2.24, 2.45) is 0 Å². The van der Waals surface area contributed by atoms with Gasteiger partial charge in [-0.1, -0.05) is 36.4 Å². The summed E-state index contributed by atoms with van der Waals surface area (Å²) in [5, 5.41) is 23.8. The summed E-state index contributed by atoms with van der Waals surface area (Å²) >= 11 is 0. The number of fused-ring (bicyclic) bond motifs is 1. The van der Waals surface area contributed by atoms with E-state index in [4.69, 9.17) is 0 Å². The van der Waals surface area contributed by atoms with Crippen molar-refractivity contribution in [1.29, 1.82) is 5.26 Å². The molecule has 3 aromatic rings. The van der Waals surface area contributed by atoms with Crippen molar-refractivity contribution in [2.45, 2.75) is 32.1 Å². The number of halogens is 1. The predicted molar refractivity (Wildman–Crippen MR) is 110 cm³/mol. The molecular formula is C24H20FN2NaO3. The third-order valence-corrected chi connectivity index (χ3v) is 5.09. The number of amides is 1. The molecule has 0 aromatic heterocycles. The van der Waals surface area contributed by atoms with Crippen LogP contribution in [0.3, 0.4) is 0 Å². The molecule has 1 amide bonds. The molecule has 0 bridgehead atoms. The standard InChI is InChI=1S/C24H21FN2O3.Na/c1-15(18-11-12-21(25)20-7-3-2-6-19(18)20)24(30)27-22-13-16(14-26)9-10-17(22)5-4-8-23(28)29;/h2-3,6-7,9-13,15H,4-5,8H2,1H3,(H,27,30)(H,28,29);/q;+1/p-1. The van der Waals surface area contributed by atoms with Crippen molar-refractivity contribution >= 4 is 28.3 Å². The monoisotopic (exact) mass is 426 g/mol. The third-order valence-electron chi connectivity index (χ3n) is 5.09. The maximum absolute atomic E-state index is 14.1. The van der Waals surface area contributed by atoms with Crippen LogP contribution in [0.15, 0.2) is 54.6 Å². The number of nitrogens with one attached hydrogen (secondary N) is 1. The smallest absolute Gasteiger partial charge is 0.550 e. The number of hydrogen-bond acceptors (Lipinski definition) is 4. The number of carbonyl (C=O) groups excluding carboxylic acids is 2. The quantitative estimate of drug-likeness (QED) is 0.562. The van der Waals surface area contributed by atoms with E-state index in [0.717, 1.165) is 5.56 Å². The largest absolute Gasteiger partial charge is 1.00 e. The number of hydrogen-bond donors (Lipinski definition) is 1. The van der Waals surface area contributed by atoms with Crippen molar-refractivity contribution in [3.63, 3.8) is 0 Å². The van der Waals surface area contributed by atoms with Gasteiger partial charge >= 0.3 is 29.6 Å². The Labute approximate surface area is 202 Å². The molecular weight excluding hydrogens is 406 g/mol. The van der Waals surface area contributed by atoms with Crippen LogP contribution in [0, 0.1) is 17.1 Å². The van der Waals surface area contributed by atoms with Crippen molar-refractivity contribution < 1.29 is 48.6 Å². The van der Waals surface area contributed by atoms with Crippen molar-refractivity contribution in [2.75, 3.05) is 5.32 Å². The summed E-state index contributed by atoms with van der Waals surface area (Å²) in [5.74, 6) is -2.36. The fourth-order valence-electron chi connectivity index (χ4n) is 3.45. The summed E-state index contributed by atoms with van der Waals surface area (Å²) < 4.78 is 14.1. The number of aryl methyl sites for hydroxylation is 1. The van der Waals surface area contributed by atoms with Crippen LogP contribution >= 0.6 is 0 Å². The van der Waals surface area contributed by atoms with Crippen LogP contribution < -0.4 is 40.0 Å². The van der Waals surface area contributed by atoms with Crippen molar-refractivity contribution in [3.05, 3.63) is 77.1 Å². The SMILES string of the molecule is CC(C(=O)Nc1cc(C#N)ccc1CCCC(=O)[O-])c1ccc(F)c2ccccc12.[Na+]. The molecule has 5 nitrogen and oxygen atoms in total. The minimum absolute atomic E-state index is 0. The average Bonchev–Trinajstić information content (AvgIpc) is 2.74. The Morgan fingerprint density at radius 1 is 1.13 bits per heavy atom. The summed E-state index contributed by atoms with van der Waals surface area (Å²) in [7, 11) is 0. The molecule has 0 heterocycles. The van der Waals surface area contributed by atoms with E-state index in [-0.39, 0.29) is 47.7 Å². The second-order valence-electron chi connectivity index (χ2n) is 7.10. The van der Waals surface area contributed by atoms with Crippen LogP contribution in [0.25, 0.3) is 10.8 Å². The third kappa shape index (κ3) is 5.92. The van der Waals surface area contributed by atoms with E-state index < -0.39 is 11.9 Å². The van der Waals surface area contributed by atoms with Gasteiger partial charge in [-0.25, -0.2) is 4.39 Å². The molecule has 1 atom stereocenters. The number of rotatable bonds is 7. The van der Waals surface area contributed by atoms with Gasteiger partial charge in [0, 0.05) is 17.0 Å². The molecule has 3 rings (SSSR count). The number of anilines is 1. The first-order chi connectivity index (χ1) is 14.4. The van der Waals surface area contributed by atoms with E-state index in [9.17, 15) is 24.3 Å². The van der Waals surface area contributed by atoms with Gasteiger partial charge < -0.3 is 15.2 Å². The second-order valence-corrected chi connectivity index (χ2v) is 7.10. The number of aliphatic carboxylic acids is 1. The van der Waals surface area contributed by atoms with E-state index in [0.29, 0.717) is 40.4 Å². The van der Waals surface area contributed by atoms with Crippen molar-refractivity contribution in [3.8, 4) is 6.07 Å². The van der Waals surface area contributed by atoms with E-state index in [1.807, 2.05) is 6.07 Å². The molecule has 0 saturated heterocycles. The van der Waals surface area contributed by atoms with Crippen LogP contribution in [-0.4, -0.2) is 11.9 Å².